The molecule has 11 rings (SSSR count). The number of β-lactam (4-membered cyclic amide) rings is 1. The number of benzene rings is 6. The first-order chi connectivity index (χ1) is 40.6. The smallest absolute Gasteiger partial charge is 0.355 e. The minimum absolute atomic E-state index is 0. The van der Waals surface area contributed by atoms with Crippen molar-refractivity contribution in [2.24, 2.45) is 10.9 Å². The Kier molecular flexibility index (Phi) is 17.9. The number of anilines is 1. The normalized spacial score (nSPS) is 15.9. The van der Waals surface area contributed by atoms with E-state index >= 15 is 4.79 Å². The van der Waals surface area contributed by atoms with Crippen molar-refractivity contribution in [2.75, 3.05) is 17.7 Å². The van der Waals surface area contributed by atoms with E-state index in [1.165, 1.54) is 23.5 Å². The van der Waals surface area contributed by atoms with Crippen LogP contribution >= 0.6 is 11.3 Å². The summed E-state index contributed by atoms with van der Waals surface area (Å²) in [5.41, 5.74) is 10.3. The van der Waals surface area contributed by atoms with Gasteiger partial charge in [0.25, 0.3) is 11.8 Å². The Bertz CT molecular complexity index is 3660. The number of ether oxygens (including phenoxy) is 1. The summed E-state index contributed by atoms with van der Waals surface area (Å²) in [7, 11) is -1.82. The Labute approximate surface area is 502 Å². The minimum atomic E-state index is -1.82. The molecule has 9 aromatic rings. The van der Waals surface area contributed by atoms with Gasteiger partial charge in [-0.3, -0.25) is 28.2 Å². The van der Waals surface area contributed by atoms with Crippen LogP contribution in [0.5, 0.6) is 0 Å². The maximum Gasteiger partial charge on any atom is 0.355 e. The summed E-state index contributed by atoms with van der Waals surface area (Å²) in [6.07, 6.45) is 6.44. The molecule has 1 unspecified atom stereocenters. The first-order valence-electron chi connectivity index (χ1n) is 27.1. The number of amides is 3. The average Bonchev–Trinajstić information content (AvgIpc) is 1.42. The van der Waals surface area contributed by atoms with Gasteiger partial charge in [0.1, 0.15) is 39.6 Å². The van der Waals surface area contributed by atoms with Crippen LogP contribution in [-0.4, -0.2) is 77.1 Å². The molecule has 5 heterocycles. The predicted molar refractivity (Wildman–Crippen MR) is 317 cm³/mol. The Morgan fingerprint density at radius 1 is 0.750 bits per heavy atom. The molecule has 0 bridgehead atoms. The van der Waals surface area contributed by atoms with Crippen molar-refractivity contribution >= 4 is 56.7 Å². The molecular weight excluding hydrogens is 1160 g/mol. The number of fused-ring (bicyclic) bond motifs is 1. The molecule has 4 N–H and O–H groups in total. The molecule has 6 aromatic carbocycles. The molecule has 3 amide bonds. The average molecular weight is 1220 g/mol. The number of oxime groups is 1. The van der Waals surface area contributed by atoms with Crippen LogP contribution in [-0.2, 0) is 59.0 Å². The van der Waals surface area contributed by atoms with Gasteiger partial charge < -0.3 is 42.9 Å². The topological polar surface area (TPSA) is 204 Å². The lowest BCUT2D eigenvalue weighted by atomic mass is 9.77. The molecular formula is C65H58BrN9O7S2. The van der Waals surface area contributed by atoms with E-state index in [2.05, 4.69) is 52.2 Å². The number of primary amides is 1. The number of rotatable bonds is 22. The van der Waals surface area contributed by atoms with Gasteiger partial charge in [-0.25, -0.2) is 14.3 Å². The highest BCUT2D eigenvalue weighted by atomic mass is 79.9. The van der Waals surface area contributed by atoms with Crippen molar-refractivity contribution in [1.82, 2.24) is 25.0 Å². The molecule has 2 aliphatic rings. The van der Waals surface area contributed by atoms with E-state index in [0.29, 0.717) is 22.8 Å². The number of carbonyl (C=O) groups excluding carboxylic acids is 4. The molecule has 424 valence electrons. The van der Waals surface area contributed by atoms with Gasteiger partial charge >= 0.3 is 5.97 Å². The first kappa shape index (κ1) is 58.0. The highest BCUT2D eigenvalue weighted by Crippen LogP contribution is 2.43. The largest absolute Gasteiger partial charge is 1.00 e. The van der Waals surface area contributed by atoms with Crippen LogP contribution in [0.3, 0.4) is 0 Å². The second-order valence-corrected chi connectivity index (χ2v) is 22.3. The van der Waals surface area contributed by atoms with Crippen molar-refractivity contribution in [3.05, 3.63) is 286 Å². The maximum absolute atomic E-state index is 15.0. The molecule has 0 saturated carbocycles. The summed E-state index contributed by atoms with van der Waals surface area (Å²) in [5.74, 6) is -3.00. The lowest BCUT2D eigenvalue weighted by Gasteiger charge is -2.49. The molecule has 0 spiro atoms. The van der Waals surface area contributed by atoms with Crippen LogP contribution in [0.2, 0.25) is 0 Å². The van der Waals surface area contributed by atoms with E-state index in [4.69, 9.17) is 25.4 Å². The predicted octanol–water partition coefficient (Wildman–Crippen LogP) is 5.61. The lowest BCUT2D eigenvalue weighted by molar-refractivity contribution is -0.689. The molecule has 1 fully saturated rings. The second-order valence-electron chi connectivity index (χ2n) is 19.9. The van der Waals surface area contributed by atoms with E-state index in [0.717, 1.165) is 44.7 Å². The highest BCUT2D eigenvalue weighted by molar-refractivity contribution is 7.86. The molecule has 19 heteroatoms. The monoisotopic (exact) mass is 1220 g/mol. The van der Waals surface area contributed by atoms with E-state index < -0.39 is 57.0 Å². The zero-order valence-corrected chi connectivity index (χ0v) is 48.8. The standard InChI is InChI=1S/C65H57N9O7S2.BrH/c1-2-3-40-80-62(78)57-46(41-72-37-34-45(35-38-72)58(66)75)44-83(79)61-56(60(77)74(57)61)68-59(76)55(54-43-82-63(67-54)69-64(47-22-10-4-11-23-47,48-24-12-5-13-25-48)49-26-14-6-15-27-49)71-81-42-53-36-39-73(70-53)65(50-28-16-7-17-29-50,51-30-18-8-19-31-51)52-32-20-9-21-33-52;/h4-39,43,56,61H,2-3,40-42,44H2,1H3,(H3-,66,67,68,69,75,76);1H/t56-,61+,83?;/m1./s1. The molecule has 2 aliphatic heterocycles. The summed E-state index contributed by atoms with van der Waals surface area (Å²) >= 11 is 1.25. The highest BCUT2D eigenvalue weighted by Gasteiger charge is 2.58. The van der Waals surface area contributed by atoms with Gasteiger partial charge in [-0.05, 0) is 45.9 Å². The van der Waals surface area contributed by atoms with Crippen molar-refractivity contribution in [3.63, 3.8) is 0 Å². The number of hydrogen-bond donors (Lipinski definition) is 3. The van der Waals surface area contributed by atoms with Crippen LogP contribution < -0.4 is 37.9 Å². The fourth-order valence-corrected chi connectivity index (χ4v) is 13.2. The Balaban J connectivity index is 0.00000786. The fraction of sp³-hybridized carbons (Fsp3) is 0.169. The fourth-order valence-electron chi connectivity index (χ4n) is 10.8. The third-order valence-electron chi connectivity index (χ3n) is 14.8. The van der Waals surface area contributed by atoms with Crippen molar-refractivity contribution < 1.29 is 54.5 Å². The number of nitrogens with zero attached hydrogens (tertiary/aromatic N) is 6. The van der Waals surface area contributed by atoms with Gasteiger partial charge in [0.15, 0.2) is 36.4 Å². The number of thiazole rings is 1. The molecule has 3 atom stereocenters. The lowest BCUT2D eigenvalue weighted by Crippen LogP contribution is -3.00. The van der Waals surface area contributed by atoms with E-state index in [9.17, 15) is 18.6 Å². The van der Waals surface area contributed by atoms with Gasteiger partial charge in [0.05, 0.1) is 28.7 Å². The van der Waals surface area contributed by atoms with E-state index in [1.807, 2.05) is 169 Å². The third-order valence-corrected chi connectivity index (χ3v) is 17.2. The van der Waals surface area contributed by atoms with Crippen LogP contribution in [0.15, 0.2) is 241 Å². The molecule has 3 aromatic heterocycles. The number of esters is 1. The Hall–Kier alpha value is -9.17. The summed E-state index contributed by atoms with van der Waals surface area (Å²) in [4.78, 5) is 67.7. The quantitative estimate of drug-likeness (QED) is 0.0146. The van der Waals surface area contributed by atoms with Gasteiger partial charge in [0.2, 0.25) is 5.91 Å². The number of nitrogens with one attached hydrogen (secondary N) is 2. The molecule has 84 heavy (non-hydrogen) atoms. The third kappa shape index (κ3) is 11.5. The number of unbranched alkanes of at least 4 members (excludes halogenated alkanes) is 1. The number of nitrogens with two attached hydrogens (primary N) is 1. The Morgan fingerprint density at radius 3 is 1.76 bits per heavy atom. The summed E-state index contributed by atoms with van der Waals surface area (Å²) in [5, 5.41) is 17.2. The van der Waals surface area contributed by atoms with Crippen LogP contribution in [0.4, 0.5) is 5.13 Å². The van der Waals surface area contributed by atoms with Gasteiger partial charge in [-0.2, -0.15) is 5.10 Å². The molecule has 1 saturated heterocycles. The number of aromatic nitrogens is 4. The number of pyridine rings is 1. The number of halogens is 1. The van der Waals surface area contributed by atoms with Crippen molar-refractivity contribution in [2.45, 2.75) is 55.4 Å². The Morgan fingerprint density at radius 2 is 1.26 bits per heavy atom. The van der Waals surface area contributed by atoms with E-state index in [1.54, 1.807) is 22.3 Å². The van der Waals surface area contributed by atoms with E-state index in [-0.39, 0.29) is 65.2 Å². The number of hydrogen-bond acceptors (Lipinski definition) is 12. The van der Waals surface area contributed by atoms with Crippen LogP contribution in [0, 0.1) is 0 Å². The zero-order valence-electron chi connectivity index (χ0n) is 45.6. The van der Waals surface area contributed by atoms with Gasteiger partial charge in [0, 0.05) is 29.3 Å². The second kappa shape index (κ2) is 26.0. The van der Waals surface area contributed by atoms with Gasteiger partial charge in [-0.1, -0.05) is 200 Å². The molecule has 0 radical (unpaired) electrons. The SMILES string of the molecule is CCCCOC(=O)C1=C(C[n+]2ccc(C(N)=O)cc2)CS(=O)[C@H]2[C@H](NC(=O)C(=NOCc3ccn(C(c4ccccc4)(c4ccccc4)c4ccccc4)n3)c3csc(NC(c4ccccc4)(c4ccccc4)c4ccccc4)n3)C(=O)N12.[Br-]. The van der Waals surface area contributed by atoms with Gasteiger partial charge in [-0.15, -0.1) is 11.3 Å². The van der Waals surface area contributed by atoms with Crippen molar-refractivity contribution in [1.29, 1.82) is 0 Å². The number of carbonyl (C=O) groups is 4. The summed E-state index contributed by atoms with van der Waals surface area (Å²) < 4.78 is 23.7. The molecule has 16 nitrogen and oxygen atoms in total. The molecule has 0 aliphatic carbocycles. The van der Waals surface area contributed by atoms with Crippen molar-refractivity contribution in [3.8, 4) is 0 Å². The summed E-state index contributed by atoms with van der Waals surface area (Å²) in [6, 6.07) is 64.0. The maximum atomic E-state index is 15.0. The zero-order chi connectivity index (χ0) is 57.3. The van der Waals surface area contributed by atoms with Crippen LogP contribution in [0.1, 0.15) is 74.9 Å². The minimum Gasteiger partial charge on any atom is -1.00 e. The van der Waals surface area contributed by atoms with Crippen LogP contribution in [0.25, 0.3) is 0 Å². The summed E-state index contributed by atoms with van der Waals surface area (Å²) in [6.45, 7) is 1.92. The first-order valence-corrected chi connectivity index (χ1v) is 29.4.